The van der Waals surface area contributed by atoms with Crippen LogP contribution >= 0.6 is 0 Å². The van der Waals surface area contributed by atoms with Crippen molar-refractivity contribution in [2.24, 2.45) is 0 Å². The van der Waals surface area contributed by atoms with E-state index in [1.54, 1.807) is 0 Å². The smallest absolute Gasteiger partial charge is 0.239 e. The van der Waals surface area contributed by atoms with Crippen molar-refractivity contribution in [1.29, 1.82) is 0 Å². The van der Waals surface area contributed by atoms with Gasteiger partial charge in [0.25, 0.3) is 0 Å². The van der Waals surface area contributed by atoms with Crippen molar-refractivity contribution in [2.45, 2.75) is 17.7 Å². The van der Waals surface area contributed by atoms with Crippen LogP contribution in [0.4, 0.5) is 0 Å². The lowest BCUT2D eigenvalue weighted by Gasteiger charge is -2.12. The summed E-state index contributed by atoms with van der Waals surface area (Å²) in [5.74, 6) is 0. The van der Waals surface area contributed by atoms with E-state index in [0.717, 1.165) is 4.90 Å². The van der Waals surface area contributed by atoms with E-state index in [4.69, 9.17) is 0 Å². The zero-order chi connectivity index (χ0) is 5.28. The van der Waals surface area contributed by atoms with E-state index in [2.05, 4.69) is 11.9 Å². The number of hydrogen-bond acceptors (Lipinski definition) is 1. The molecule has 0 aromatic rings. The van der Waals surface area contributed by atoms with E-state index in [-0.39, 0.29) is 0 Å². The molecule has 1 aliphatic heterocycles. The molecule has 0 aromatic carbocycles. The van der Waals surface area contributed by atoms with Gasteiger partial charge in [-0.05, 0) is 31.3 Å². The van der Waals surface area contributed by atoms with Gasteiger partial charge in [-0.1, -0.05) is 0 Å². The van der Waals surface area contributed by atoms with Crippen molar-refractivity contribution in [3.63, 3.8) is 0 Å². The molecular formula is C5H12AlN. The van der Waals surface area contributed by atoms with Crippen LogP contribution in [0.1, 0.15) is 12.8 Å². The Morgan fingerprint density at radius 1 is 1.71 bits per heavy atom. The highest BCUT2D eigenvalue weighted by atomic mass is 27.0. The van der Waals surface area contributed by atoms with E-state index < -0.39 is 0 Å². The molecule has 0 aliphatic carbocycles. The summed E-state index contributed by atoms with van der Waals surface area (Å²) in [4.78, 5) is 3.45. The summed E-state index contributed by atoms with van der Waals surface area (Å²) in [5, 5.41) is 0. The van der Waals surface area contributed by atoms with Crippen LogP contribution in [0.3, 0.4) is 0 Å². The molecule has 40 valence electrons. The molecule has 0 aromatic heterocycles. The van der Waals surface area contributed by atoms with Gasteiger partial charge in [-0.2, -0.15) is 0 Å². The van der Waals surface area contributed by atoms with Crippen molar-refractivity contribution in [3.05, 3.63) is 0 Å². The summed E-state index contributed by atoms with van der Waals surface area (Å²) in [7, 11) is 2.23. The Balaban J connectivity index is 2.33. The molecule has 1 fully saturated rings. The van der Waals surface area contributed by atoms with E-state index >= 15 is 0 Å². The topological polar surface area (TPSA) is 3.24 Å². The first-order valence-electron chi connectivity index (χ1n) is 3.01. The molecule has 7 heavy (non-hydrogen) atoms. The van der Waals surface area contributed by atoms with Crippen molar-refractivity contribution in [1.82, 2.24) is 4.90 Å². The van der Waals surface area contributed by atoms with E-state index in [0.29, 0.717) is 0 Å². The molecule has 1 heterocycles. The quantitative estimate of drug-likeness (QED) is 0.389. The summed E-state index contributed by atoms with van der Waals surface area (Å²) in [5.41, 5.74) is 0. The van der Waals surface area contributed by atoms with Gasteiger partial charge in [-0.3, -0.25) is 0 Å². The van der Waals surface area contributed by atoms with Crippen LogP contribution in [0.5, 0.6) is 0 Å². The highest BCUT2D eigenvalue weighted by molar-refractivity contribution is 6.11. The van der Waals surface area contributed by atoms with Crippen molar-refractivity contribution < 1.29 is 0 Å². The molecule has 1 rings (SSSR count). The van der Waals surface area contributed by atoms with Crippen LogP contribution in [0, 0.1) is 0 Å². The molecule has 0 N–H and O–H groups in total. The van der Waals surface area contributed by atoms with Gasteiger partial charge >= 0.3 is 0 Å². The lowest BCUT2D eigenvalue weighted by atomic mass is 10.4. The van der Waals surface area contributed by atoms with Gasteiger partial charge in [0.1, 0.15) is 0 Å². The van der Waals surface area contributed by atoms with Crippen LogP contribution in [-0.2, 0) is 0 Å². The van der Waals surface area contributed by atoms with Crippen molar-refractivity contribution >= 4 is 16.3 Å². The minimum atomic E-state index is 0.986. The third kappa shape index (κ3) is 1.19. The monoisotopic (exact) mass is 113 g/mol. The van der Waals surface area contributed by atoms with Crippen molar-refractivity contribution in [3.8, 4) is 0 Å². The first-order valence-corrected chi connectivity index (χ1v) is 4.16. The van der Waals surface area contributed by atoms with Gasteiger partial charge in [-0.25, -0.2) is 0 Å². The maximum atomic E-state index is 2.46. The number of likely N-dealkylation sites (tertiary alicyclic amines) is 1. The third-order valence-corrected chi connectivity index (χ3v) is 3.34. The average Bonchev–Trinajstić information content (AvgIpc) is 1.91. The second kappa shape index (κ2) is 2.17. The fraction of sp³-hybridized carbons (Fsp3) is 1.00. The molecule has 1 aliphatic rings. The Hall–Kier alpha value is 0.492. The molecule has 1 unspecified atom stereocenters. The summed E-state index contributed by atoms with van der Waals surface area (Å²) in [6.45, 7) is 1.34. The Morgan fingerprint density at radius 3 is 2.57 bits per heavy atom. The SMILES string of the molecule is CN1CCC[CH]1[AlH2]. The van der Waals surface area contributed by atoms with Gasteiger partial charge in [0.05, 0.1) is 0 Å². The van der Waals surface area contributed by atoms with E-state index in [9.17, 15) is 0 Å². The largest absolute Gasteiger partial charge is 0.318 e. The molecule has 0 spiro atoms. The second-order valence-corrected chi connectivity index (χ2v) is 3.80. The minimum Gasteiger partial charge on any atom is -0.318 e. The average molecular weight is 113 g/mol. The fourth-order valence-electron chi connectivity index (χ4n) is 1.08. The maximum absolute atomic E-state index is 2.46. The predicted octanol–water partition coefficient (Wildman–Crippen LogP) is -0.329. The first kappa shape index (κ1) is 5.63. The third-order valence-electron chi connectivity index (χ3n) is 1.89. The number of hydrogen-bond donors (Lipinski definition) is 0. The fourth-order valence-corrected chi connectivity index (χ4v) is 1.74. The van der Waals surface area contributed by atoms with Crippen LogP contribution < -0.4 is 0 Å². The van der Waals surface area contributed by atoms with Gasteiger partial charge in [-0.15, -0.1) is 0 Å². The Morgan fingerprint density at radius 2 is 2.43 bits per heavy atom. The molecule has 0 saturated carbocycles. The molecule has 2 heteroatoms. The van der Waals surface area contributed by atoms with Crippen LogP contribution in [0.25, 0.3) is 0 Å². The zero-order valence-electron chi connectivity index (χ0n) is 5.15. The Bertz CT molecular complexity index is 57.1. The van der Waals surface area contributed by atoms with Gasteiger partial charge in [0, 0.05) is 0 Å². The zero-order valence-corrected chi connectivity index (χ0v) is 7.15. The van der Waals surface area contributed by atoms with Gasteiger partial charge < -0.3 is 4.90 Å². The van der Waals surface area contributed by atoms with E-state index in [1.165, 1.54) is 35.7 Å². The van der Waals surface area contributed by atoms with Crippen LogP contribution in [-0.4, -0.2) is 39.7 Å². The Labute approximate surface area is 53.1 Å². The van der Waals surface area contributed by atoms with Gasteiger partial charge in [0.2, 0.25) is 16.3 Å². The highest BCUT2D eigenvalue weighted by Crippen LogP contribution is 2.09. The minimum absolute atomic E-state index is 0.986. The summed E-state index contributed by atoms with van der Waals surface area (Å²) < 4.78 is 0. The molecule has 0 bridgehead atoms. The standard InChI is InChI=1S/C5H10N.Al.2H/c1-6-4-2-3-5-6;;;/h4H,2-3,5H2,1H3;;;. The molecule has 1 nitrogen and oxygen atoms in total. The Kier molecular flexibility index (Phi) is 1.75. The molecule has 0 radical (unpaired) electrons. The van der Waals surface area contributed by atoms with Crippen LogP contribution in [0.15, 0.2) is 0 Å². The number of rotatable bonds is 0. The van der Waals surface area contributed by atoms with E-state index in [1.807, 2.05) is 0 Å². The molecular weight excluding hydrogens is 101 g/mol. The summed E-state index contributed by atoms with van der Waals surface area (Å²) in [6, 6.07) is 0. The molecule has 0 amide bonds. The number of nitrogens with zero attached hydrogens (tertiary/aromatic N) is 1. The normalized spacial score (nSPS) is 34.1. The highest BCUT2D eigenvalue weighted by Gasteiger charge is 2.14. The maximum Gasteiger partial charge on any atom is 0.239 e. The summed E-state index contributed by atoms with van der Waals surface area (Å²) >= 11 is 1.36. The second-order valence-electron chi connectivity index (χ2n) is 2.47. The predicted molar refractivity (Wildman–Crippen MR) is 34.2 cm³/mol. The van der Waals surface area contributed by atoms with Gasteiger partial charge in [0.15, 0.2) is 0 Å². The van der Waals surface area contributed by atoms with Crippen molar-refractivity contribution in [2.75, 3.05) is 13.6 Å². The first-order chi connectivity index (χ1) is 3.30. The molecule has 1 saturated heterocycles. The lowest BCUT2D eigenvalue weighted by Crippen LogP contribution is -2.24. The van der Waals surface area contributed by atoms with Crippen LogP contribution in [0.2, 0.25) is 0 Å². The lowest BCUT2D eigenvalue weighted by molar-refractivity contribution is 0.385. The summed E-state index contributed by atoms with van der Waals surface area (Å²) in [6.07, 6.45) is 2.90. The molecule has 1 atom stereocenters.